The van der Waals surface area contributed by atoms with Gasteiger partial charge in [-0.15, -0.1) is 0 Å². The van der Waals surface area contributed by atoms with Gasteiger partial charge in [0.05, 0.1) is 12.3 Å². The summed E-state index contributed by atoms with van der Waals surface area (Å²) in [5.41, 5.74) is 2.11. The summed E-state index contributed by atoms with van der Waals surface area (Å²) in [6, 6.07) is 10.9. The molecular weight excluding hydrogens is 446 g/mol. The van der Waals surface area contributed by atoms with E-state index in [0.29, 0.717) is 50.9 Å². The van der Waals surface area contributed by atoms with Crippen LogP contribution in [0, 0.1) is 6.92 Å². The molecule has 4 heterocycles. The number of nitrogens with zero attached hydrogens (tertiary/aromatic N) is 5. The lowest BCUT2D eigenvalue weighted by molar-refractivity contribution is -0.139. The van der Waals surface area contributed by atoms with E-state index >= 15 is 0 Å². The number of aryl methyl sites for hydroxylation is 1. The Morgan fingerprint density at radius 3 is 2.51 bits per heavy atom. The number of hydrogen-bond acceptors (Lipinski definition) is 7. The Kier molecular flexibility index (Phi) is 6.68. The summed E-state index contributed by atoms with van der Waals surface area (Å²) in [5.74, 6) is 1.26. The van der Waals surface area contributed by atoms with Gasteiger partial charge in [-0.05, 0) is 45.2 Å². The van der Waals surface area contributed by atoms with Gasteiger partial charge in [-0.25, -0.2) is 0 Å². The van der Waals surface area contributed by atoms with Crippen LogP contribution in [-0.4, -0.2) is 75.4 Å². The molecular formula is C26H31N5O4. The smallest absolute Gasteiger partial charge is 0.290 e. The van der Waals surface area contributed by atoms with Gasteiger partial charge in [-0.1, -0.05) is 35.0 Å². The van der Waals surface area contributed by atoms with Crippen LogP contribution in [-0.2, 0) is 4.79 Å². The van der Waals surface area contributed by atoms with E-state index in [1.807, 2.05) is 36.1 Å². The maximum Gasteiger partial charge on any atom is 0.290 e. The minimum atomic E-state index is -0.432. The lowest BCUT2D eigenvalue weighted by atomic mass is 10.00. The summed E-state index contributed by atoms with van der Waals surface area (Å²) in [6.07, 6.45) is 4.01. The van der Waals surface area contributed by atoms with Crippen molar-refractivity contribution in [2.75, 3.05) is 32.7 Å². The van der Waals surface area contributed by atoms with Crippen LogP contribution >= 0.6 is 0 Å². The second kappa shape index (κ2) is 10.0. The fourth-order valence-electron chi connectivity index (χ4n) is 4.89. The van der Waals surface area contributed by atoms with Crippen molar-refractivity contribution in [2.24, 2.45) is 0 Å². The van der Waals surface area contributed by atoms with Gasteiger partial charge in [0.1, 0.15) is 6.04 Å². The number of piperazine rings is 1. The molecule has 0 bridgehead atoms. The van der Waals surface area contributed by atoms with E-state index in [0.717, 1.165) is 18.4 Å². The van der Waals surface area contributed by atoms with Gasteiger partial charge in [0.25, 0.3) is 5.91 Å². The van der Waals surface area contributed by atoms with Crippen molar-refractivity contribution in [1.82, 2.24) is 24.8 Å². The minimum Gasteiger partial charge on any atom is -0.459 e. The second-order valence-corrected chi connectivity index (χ2v) is 9.35. The number of benzene rings is 1. The summed E-state index contributed by atoms with van der Waals surface area (Å²) in [5, 5.41) is 4.16. The van der Waals surface area contributed by atoms with E-state index in [1.165, 1.54) is 11.8 Å². The first kappa shape index (κ1) is 23.3. The van der Waals surface area contributed by atoms with Crippen molar-refractivity contribution in [3.8, 4) is 11.4 Å². The van der Waals surface area contributed by atoms with E-state index in [9.17, 15) is 9.59 Å². The highest BCUT2D eigenvalue weighted by Gasteiger charge is 2.37. The van der Waals surface area contributed by atoms with Gasteiger partial charge in [-0.2, -0.15) is 4.98 Å². The highest BCUT2D eigenvalue weighted by molar-refractivity contribution is 5.95. The molecule has 2 amide bonds. The number of aromatic nitrogens is 2. The molecule has 2 unspecified atom stereocenters. The van der Waals surface area contributed by atoms with Crippen LogP contribution in [0.15, 0.2) is 51.6 Å². The predicted molar refractivity (Wildman–Crippen MR) is 128 cm³/mol. The lowest BCUT2D eigenvalue weighted by Gasteiger charge is -2.41. The topological polar surface area (TPSA) is 95.9 Å². The van der Waals surface area contributed by atoms with Crippen molar-refractivity contribution in [1.29, 1.82) is 0 Å². The molecule has 2 aliphatic rings. The molecule has 184 valence electrons. The highest BCUT2D eigenvalue weighted by Crippen LogP contribution is 2.26. The molecule has 1 aromatic carbocycles. The van der Waals surface area contributed by atoms with Crippen LogP contribution < -0.4 is 0 Å². The van der Waals surface area contributed by atoms with Crippen LogP contribution in [0.25, 0.3) is 11.4 Å². The average molecular weight is 478 g/mol. The third-order valence-electron chi connectivity index (χ3n) is 7.06. The SMILES string of the molecule is Cc1ccc(-c2noc(C(C)N3CCN(C(=O)C4CCCCN4C(=O)c4ccco4)CC3)n2)cc1. The van der Waals surface area contributed by atoms with Crippen LogP contribution in [0.5, 0.6) is 0 Å². The van der Waals surface area contributed by atoms with E-state index in [1.54, 1.807) is 17.0 Å². The number of carbonyl (C=O) groups excluding carboxylic acids is 2. The maximum atomic E-state index is 13.4. The zero-order chi connectivity index (χ0) is 24.4. The van der Waals surface area contributed by atoms with E-state index in [-0.39, 0.29) is 23.6 Å². The van der Waals surface area contributed by atoms with Crippen molar-refractivity contribution < 1.29 is 18.5 Å². The summed E-state index contributed by atoms with van der Waals surface area (Å²) < 4.78 is 10.9. The Morgan fingerprint density at radius 2 is 1.80 bits per heavy atom. The number of furan rings is 1. The Labute approximate surface area is 204 Å². The quantitative estimate of drug-likeness (QED) is 0.555. The fourth-order valence-corrected chi connectivity index (χ4v) is 4.89. The van der Waals surface area contributed by atoms with Gasteiger partial charge in [0.15, 0.2) is 5.76 Å². The minimum absolute atomic E-state index is 0.0244. The molecule has 2 aromatic heterocycles. The van der Waals surface area contributed by atoms with E-state index in [2.05, 4.69) is 22.0 Å². The number of amides is 2. The number of rotatable bonds is 5. The number of likely N-dealkylation sites (tertiary alicyclic amines) is 1. The molecule has 9 heteroatoms. The zero-order valence-electron chi connectivity index (χ0n) is 20.2. The van der Waals surface area contributed by atoms with Gasteiger partial charge >= 0.3 is 0 Å². The monoisotopic (exact) mass is 477 g/mol. The molecule has 2 fully saturated rings. The standard InChI is InChI=1S/C26H31N5O4/c1-18-8-10-20(11-9-18)23-27-24(35-28-23)19(2)29-13-15-30(16-14-29)25(32)21-6-3-4-12-31(21)26(33)22-7-5-17-34-22/h5,7-11,17,19,21H,3-4,6,12-16H2,1-2H3. The summed E-state index contributed by atoms with van der Waals surface area (Å²) >= 11 is 0. The molecule has 35 heavy (non-hydrogen) atoms. The molecule has 0 aliphatic carbocycles. The lowest BCUT2D eigenvalue weighted by Crippen LogP contribution is -2.57. The molecule has 0 N–H and O–H groups in total. The number of piperidine rings is 1. The number of hydrogen-bond donors (Lipinski definition) is 0. The van der Waals surface area contributed by atoms with Crippen molar-refractivity contribution in [3.05, 3.63) is 59.9 Å². The zero-order valence-corrected chi connectivity index (χ0v) is 20.2. The first-order chi connectivity index (χ1) is 17.0. The molecule has 3 aromatic rings. The Balaban J connectivity index is 1.20. The molecule has 2 atom stereocenters. The highest BCUT2D eigenvalue weighted by atomic mass is 16.5. The van der Waals surface area contributed by atoms with E-state index in [4.69, 9.17) is 8.94 Å². The van der Waals surface area contributed by atoms with Gasteiger partial charge in [0.2, 0.25) is 17.6 Å². The summed E-state index contributed by atoms with van der Waals surface area (Å²) in [6.45, 7) is 7.27. The maximum absolute atomic E-state index is 13.4. The average Bonchev–Trinajstić information content (AvgIpc) is 3.61. The molecule has 0 radical (unpaired) electrons. The molecule has 9 nitrogen and oxygen atoms in total. The molecule has 0 spiro atoms. The molecule has 5 rings (SSSR count). The molecule has 2 saturated heterocycles. The third kappa shape index (κ3) is 4.86. The fraction of sp³-hybridized carbons (Fsp3) is 0.462. The van der Waals surface area contributed by atoms with Crippen LogP contribution in [0.1, 0.15) is 54.2 Å². The summed E-state index contributed by atoms with van der Waals surface area (Å²) in [4.78, 5) is 36.8. The first-order valence-corrected chi connectivity index (χ1v) is 12.3. The third-order valence-corrected chi connectivity index (χ3v) is 7.06. The van der Waals surface area contributed by atoms with Gasteiger partial charge < -0.3 is 18.7 Å². The Bertz CT molecular complexity index is 1150. The van der Waals surface area contributed by atoms with Gasteiger partial charge in [-0.3, -0.25) is 14.5 Å². The number of carbonyl (C=O) groups is 2. The van der Waals surface area contributed by atoms with E-state index < -0.39 is 6.04 Å². The summed E-state index contributed by atoms with van der Waals surface area (Å²) in [7, 11) is 0. The van der Waals surface area contributed by atoms with Crippen LogP contribution in [0.4, 0.5) is 0 Å². The second-order valence-electron chi connectivity index (χ2n) is 9.35. The molecule has 2 aliphatic heterocycles. The van der Waals surface area contributed by atoms with Crippen molar-refractivity contribution in [2.45, 2.75) is 45.2 Å². The molecule has 0 saturated carbocycles. The largest absolute Gasteiger partial charge is 0.459 e. The van der Waals surface area contributed by atoms with Crippen LogP contribution in [0.3, 0.4) is 0 Å². The first-order valence-electron chi connectivity index (χ1n) is 12.3. The normalized spacial score (nSPS) is 20.1. The van der Waals surface area contributed by atoms with Crippen LogP contribution in [0.2, 0.25) is 0 Å². The van der Waals surface area contributed by atoms with Gasteiger partial charge in [0, 0.05) is 38.3 Å². The Hall–Kier alpha value is -3.46. The van der Waals surface area contributed by atoms with Crippen molar-refractivity contribution in [3.63, 3.8) is 0 Å². The Morgan fingerprint density at radius 1 is 1.03 bits per heavy atom. The predicted octanol–water partition coefficient (Wildman–Crippen LogP) is 3.54. The van der Waals surface area contributed by atoms with Crippen molar-refractivity contribution >= 4 is 11.8 Å².